The van der Waals surface area contributed by atoms with E-state index in [2.05, 4.69) is 5.10 Å². The van der Waals surface area contributed by atoms with E-state index in [-0.39, 0.29) is 11.9 Å². The molecule has 0 radical (unpaired) electrons. The largest absolute Gasteiger partial charge is 0.324 e. The summed E-state index contributed by atoms with van der Waals surface area (Å²) in [7, 11) is 1.86. The number of aromatic nitrogens is 2. The fourth-order valence-electron chi connectivity index (χ4n) is 2.17. The summed E-state index contributed by atoms with van der Waals surface area (Å²) in [6, 6.07) is 4.41. The maximum absolute atomic E-state index is 13.8. The van der Waals surface area contributed by atoms with Crippen molar-refractivity contribution in [1.29, 1.82) is 0 Å². The second-order valence-electron chi connectivity index (χ2n) is 4.60. The molecule has 0 aliphatic heterocycles. The van der Waals surface area contributed by atoms with Crippen LogP contribution in [-0.4, -0.2) is 9.78 Å². The Labute approximate surface area is 117 Å². The Hall–Kier alpha value is -1.39. The van der Waals surface area contributed by atoms with Gasteiger partial charge in [0.15, 0.2) is 0 Å². The maximum Gasteiger partial charge on any atom is 0.127 e. The Balaban J connectivity index is 2.22. The predicted octanol–water partition coefficient (Wildman–Crippen LogP) is 3.02. The van der Waals surface area contributed by atoms with Crippen LogP contribution >= 0.6 is 11.6 Å². The lowest BCUT2D eigenvalue weighted by Gasteiger charge is -2.12. The fraction of sp³-hybridized carbons (Fsp3) is 0.357. The number of benzene rings is 1. The average molecular weight is 282 g/mol. The molecule has 102 valence electrons. The number of hydrogen-bond acceptors (Lipinski definition) is 2. The predicted molar refractivity (Wildman–Crippen MR) is 74.6 cm³/mol. The van der Waals surface area contributed by atoms with Crippen LogP contribution in [0.15, 0.2) is 24.4 Å². The lowest BCUT2D eigenvalue weighted by Crippen LogP contribution is -2.15. The third-order valence-corrected chi connectivity index (χ3v) is 3.36. The van der Waals surface area contributed by atoms with Crippen LogP contribution in [0.4, 0.5) is 4.39 Å². The third-order valence-electron chi connectivity index (χ3n) is 3.13. The monoisotopic (exact) mass is 281 g/mol. The van der Waals surface area contributed by atoms with E-state index in [4.69, 9.17) is 17.3 Å². The number of nitrogens with zero attached hydrogens (tertiary/aromatic N) is 2. The molecule has 0 aliphatic rings. The van der Waals surface area contributed by atoms with Crippen LogP contribution in [0.2, 0.25) is 5.02 Å². The molecule has 1 heterocycles. The summed E-state index contributed by atoms with van der Waals surface area (Å²) in [5.74, 6) is -0.315. The van der Waals surface area contributed by atoms with E-state index in [1.165, 1.54) is 6.07 Å². The highest BCUT2D eigenvalue weighted by molar-refractivity contribution is 6.30. The summed E-state index contributed by atoms with van der Waals surface area (Å²) in [5.41, 5.74) is 8.68. The first-order valence-corrected chi connectivity index (χ1v) is 6.61. The van der Waals surface area contributed by atoms with Crippen LogP contribution in [-0.2, 0) is 19.9 Å². The van der Waals surface area contributed by atoms with Crippen molar-refractivity contribution >= 4 is 11.6 Å². The second-order valence-corrected chi connectivity index (χ2v) is 5.04. The summed E-state index contributed by atoms with van der Waals surface area (Å²) in [5, 5.41) is 4.74. The Morgan fingerprint density at radius 2 is 2.21 bits per heavy atom. The first kappa shape index (κ1) is 14.0. The van der Waals surface area contributed by atoms with Crippen molar-refractivity contribution in [1.82, 2.24) is 9.78 Å². The summed E-state index contributed by atoms with van der Waals surface area (Å²) in [6.45, 7) is 2.03. The lowest BCUT2D eigenvalue weighted by molar-refractivity contribution is 0.592. The van der Waals surface area contributed by atoms with Gasteiger partial charge in [-0.2, -0.15) is 5.10 Å². The molecule has 0 bridgehead atoms. The molecule has 0 saturated carbocycles. The molecule has 1 aromatic heterocycles. The van der Waals surface area contributed by atoms with Crippen molar-refractivity contribution in [2.75, 3.05) is 0 Å². The Morgan fingerprint density at radius 3 is 2.84 bits per heavy atom. The Bertz CT molecular complexity index is 580. The summed E-state index contributed by atoms with van der Waals surface area (Å²) < 4.78 is 15.5. The molecule has 3 nitrogen and oxygen atoms in total. The van der Waals surface area contributed by atoms with Gasteiger partial charge in [0, 0.05) is 29.9 Å². The van der Waals surface area contributed by atoms with Gasteiger partial charge in [-0.25, -0.2) is 4.39 Å². The van der Waals surface area contributed by atoms with E-state index in [9.17, 15) is 4.39 Å². The lowest BCUT2D eigenvalue weighted by atomic mass is 9.99. The smallest absolute Gasteiger partial charge is 0.127 e. The molecule has 2 rings (SSSR count). The average Bonchev–Trinajstić information content (AvgIpc) is 2.74. The van der Waals surface area contributed by atoms with Crippen LogP contribution in [0, 0.1) is 5.82 Å². The first-order valence-electron chi connectivity index (χ1n) is 6.23. The minimum Gasteiger partial charge on any atom is -0.324 e. The molecular weight excluding hydrogens is 265 g/mol. The van der Waals surface area contributed by atoms with E-state index in [0.29, 0.717) is 17.0 Å². The molecule has 2 N–H and O–H groups in total. The van der Waals surface area contributed by atoms with Gasteiger partial charge in [0.25, 0.3) is 0 Å². The molecule has 0 spiro atoms. The number of nitrogens with two attached hydrogens (primary N) is 1. The zero-order chi connectivity index (χ0) is 14.0. The van der Waals surface area contributed by atoms with Gasteiger partial charge in [-0.05, 0) is 30.5 Å². The van der Waals surface area contributed by atoms with Crippen LogP contribution in [0.1, 0.15) is 29.8 Å². The standard InChI is InChI=1S/C14H17ClFN3/c1-3-14-11(8-19(2)18-14)13(17)6-9-4-5-10(15)7-12(9)16/h4-5,7-8,13H,3,6,17H2,1-2H3. The number of hydrogen-bond donors (Lipinski definition) is 1. The van der Waals surface area contributed by atoms with Crippen LogP contribution in [0.25, 0.3) is 0 Å². The molecule has 1 unspecified atom stereocenters. The van der Waals surface area contributed by atoms with E-state index in [0.717, 1.165) is 17.7 Å². The zero-order valence-corrected chi connectivity index (χ0v) is 11.8. The molecule has 0 amide bonds. The van der Waals surface area contributed by atoms with Gasteiger partial charge in [0.05, 0.1) is 5.69 Å². The molecule has 1 atom stereocenters. The molecule has 19 heavy (non-hydrogen) atoms. The van der Waals surface area contributed by atoms with E-state index < -0.39 is 0 Å². The minimum absolute atomic E-state index is 0.265. The van der Waals surface area contributed by atoms with Crippen molar-refractivity contribution in [2.45, 2.75) is 25.8 Å². The van der Waals surface area contributed by atoms with Gasteiger partial charge in [0.2, 0.25) is 0 Å². The van der Waals surface area contributed by atoms with Crippen LogP contribution in [0.3, 0.4) is 0 Å². The fourth-order valence-corrected chi connectivity index (χ4v) is 2.33. The Kier molecular flexibility index (Phi) is 4.22. The number of aryl methyl sites for hydroxylation is 2. The molecule has 0 saturated heterocycles. The highest BCUT2D eigenvalue weighted by atomic mass is 35.5. The second kappa shape index (κ2) is 5.72. The van der Waals surface area contributed by atoms with E-state index in [1.54, 1.807) is 16.8 Å². The first-order chi connectivity index (χ1) is 9.01. The third kappa shape index (κ3) is 3.14. The van der Waals surface area contributed by atoms with Gasteiger partial charge in [0.1, 0.15) is 5.82 Å². The summed E-state index contributed by atoms with van der Waals surface area (Å²) >= 11 is 5.74. The van der Waals surface area contributed by atoms with Gasteiger partial charge in [-0.15, -0.1) is 0 Å². The SMILES string of the molecule is CCc1nn(C)cc1C(N)Cc1ccc(Cl)cc1F. The van der Waals surface area contributed by atoms with Crippen LogP contribution in [0.5, 0.6) is 0 Å². The van der Waals surface area contributed by atoms with Crippen molar-refractivity contribution in [3.05, 3.63) is 52.1 Å². The van der Waals surface area contributed by atoms with Crippen molar-refractivity contribution in [3.63, 3.8) is 0 Å². The van der Waals surface area contributed by atoms with E-state index >= 15 is 0 Å². The van der Waals surface area contributed by atoms with Gasteiger partial charge >= 0.3 is 0 Å². The van der Waals surface area contributed by atoms with Gasteiger partial charge < -0.3 is 5.73 Å². The van der Waals surface area contributed by atoms with E-state index in [1.807, 2.05) is 20.2 Å². The molecule has 0 aliphatic carbocycles. The number of halogens is 2. The number of rotatable bonds is 4. The van der Waals surface area contributed by atoms with Crippen LogP contribution < -0.4 is 5.73 Å². The van der Waals surface area contributed by atoms with Gasteiger partial charge in [-0.3, -0.25) is 4.68 Å². The van der Waals surface area contributed by atoms with Crippen molar-refractivity contribution < 1.29 is 4.39 Å². The molecular formula is C14H17ClFN3. The maximum atomic E-state index is 13.8. The van der Waals surface area contributed by atoms with Crippen molar-refractivity contribution in [3.8, 4) is 0 Å². The normalized spacial score (nSPS) is 12.7. The molecule has 0 fully saturated rings. The topological polar surface area (TPSA) is 43.8 Å². The summed E-state index contributed by atoms with van der Waals surface area (Å²) in [6.07, 6.45) is 3.14. The summed E-state index contributed by atoms with van der Waals surface area (Å²) in [4.78, 5) is 0. The van der Waals surface area contributed by atoms with Gasteiger partial charge in [-0.1, -0.05) is 24.6 Å². The quantitative estimate of drug-likeness (QED) is 0.936. The molecule has 5 heteroatoms. The zero-order valence-electron chi connectivity index (χ0n) is 11.0. The highest BCUT2D eigenvalue weighted by Gasteiger charge is 2.16. The Morgan fingerprint density at radius 1 is 1.47 bits per heavy atom. The highest BCUT2D eigenvalue weighted by Crippen LogP contribution is 2.22. The molecule has 2 aromatic rings. The minimum atomic E-state index is -0.315. The molecule has 1 aromatic carbocycles. The van der Waals surface area contributed by atoms with Crippen molar-refractivity contribution in [2.24, 2.45) is 12.8 Å².